The number of nitrogens with zero attached hydrogens (tertiary/aromatic N) is 2. The van der Waals surface area contributed by atoms with E-state index in [-0.39, 0.29) is 12.5 Å². The van der Waals surface area contributed by atoms with Crippen LogP contribution in [0.25, 0.3) is 0 Å². The van der Waals surface area contributed by atoms with Crippen molar-refractivity contribution in [3.63, 3.8) is 0 Å². The molecule has 0 spiro atoms. The second-order valence-corrected chi connectivity index (χ2v) is 5.58. The fraction of sp³-hybridized carbons (Fsp3) is 0.176. The lowest BCUT2D eigenvalue weighted by Gasteiger charge is -2.24. The largest absolute Gasteiger partial charge is 0.479 e. The van der Waals surface area contributed by atoms with E-state index in [1.54, 1.807) is 12.1 Å². The van der Waals surface area contributed by atoms with Crippen molar-refractivity contribution in [3.05, 3.63) is 51.5 Å². The zero-order chi connectivity index (χ0) is 17.3. The molecule has 2 heterocycles. The number of allylic oxidation sites excluding steroid dienone is 1. The maximum atomic E-state index is 9.51. The maximum absolute atomic E-state index is 9.51. The van der Waals surface area contributed by atoms with Crippen molar-refractivity contribution in [1.82, 2.24) is 10.2 Å². The zero-order valence-corrected chi connectivity index (χ0v) is 13.5. The number of terminal acetylenes is 1. The number of rotatable bonds is 3. The Hall–Kier alpha value is -3.09. The molecule has 0 bridgehead atoms. The number of fused-ring (bicyclic) bond motifs is 1. The molecule has 3 rings (SSSR count). The lowest BCUT2D eigenvalue weighted by Crippen LogP contribution is -2.21. The smallest absolute Gasteiger partial charge is 0.244 e. The minimum atomic E-state index is -0.420. The van der Waals surface area contributed by atoms with Crippen LogP contribution in [0.15, 0.2) is 29.7 Å². The lowest BCUT2D eigenvalue weighted by atomic mass is 9.84. The van der Waals surface area contributed by atoms with Crippen molar-refractivity contribution in [2.24, 2.45) is 5.73 Å². The summed E-state index contributed by atoms with van der Waals surface area (Å²) in [7, 11) is 0. The summed E-state index contributed by atoms with van der Waals surface area (Å²) in [6.07, 6.45) is 5.18. The monoisotopic (exact) mass is 340 g/mol. The van der Waals surface area contributed by atoms with Crippen LogP contribution in [0.3, 0.4) is 0 Å². The molecule has 120 valence electrons. The number of halogens is 1. The van der Waals surface area contributed by atoms with E-state index < -0.39 is 5.92 Å². The fourth-order valence-corrected chi connectivity index (χ4v) is 2.91. The molecule has 1 atom stereocenters. The molecular formula is C17H13ClN4O2. The van der Waals surface area contributed by atoms with Crippen molar-refractivity contribution in [2.45, 2.75) is 12.8 Å². The van der Waals surface area contributed by atoms with Gasteiger partial charge in [-0.25, -0.2) is 0 Å². The van der Waals surface area contributed by atoms with Crippen molar-refractivity contribution in [1.29, 1.82) is 5.26 Å². The molecule has 3 N–H and O–H groups in total. The summed E-state index contributed by atoms with van der Waals surface area (Å²) in [6.45, 7) is 1.97. The average molecular weight is 341 g/mol. The Morgan fingerprint density at radius 3 is 3.00 bits per heavy atom. The molecule has 1 aliphatic heterocycles. The molecule has 0 saturated carbocycles. The van der Waals surface area contributed by atoms with Gasteiger partial charge >= 0.3 is 0 Å². The third kappa shape index (κ3) is 2.54. The molecule has 1 aromatic heterocycles. The summed E-state index contributed by atoms with van der Waals surface area (Å²) in [6, 6.07) is 7.37. The molecule has 24 heavy (non-hydrogen) atoms. The van der Waals surface area contributed by atoms with Crippen LogP contribution < -0.4 is 15.2 Å². The van der Waals surface area contributed by atoms with Crippen LogP contribution in [0, 0.1) is 30.6 Å². The Morgan fingerprint density at radius 2 is 2.33 bits per heavy atom. The summed E-state index contributed by atoms with van der Waals surface area (Å²) in [5, 5.41) is 16.8. The molecule has 1 unspecified atom stereocenters. The second kappa shape index (κ2) is 6.19. The van der Waals surface area contributed by atoms with E-state index >= 15 is 0 Å². The van der Waals surface area contributed by atoms with Gasteiger partial charge in [-0.05, 0) is 24.6 Å². The number of hydrogen-bond donors (Lipinski definition) is 2. The second-order valence-electron chi connectivity index (χ2n) is 5.17. The van der Waals surface area contributed by atoms with Crippen LogP contribution in [0.4, 0.5) is 0 Å². The highest BCUT2D eigenvalue weighted by molar-refractivity contribution is 6.32. The summed E-state index contributed by atoms with van der Waals surface area (Å²) < 4.78 is 10.8. The van der Waals surface area contributed by atoms with Crippen LogP contribution in [-0.2, 0) is 0 Å². The maximum Gasteiger partial charge on any atom is 0.244 e. The number of nitriles is 1. The van der Waals surface area contributed by atoms with E-state index in [4.69, 9.17) is 33.2 Å². The highest BCUT2D eigenvalue weighted by Crippen LogP contribution is 2.43. The molecule has 1 aromatic carbocycles. The summed E-state index contributed by atoms with van der Waals surface area (Å²) in [5.74, 6) is 2.83. The Labute approximate surface area is 143 Å². The van der Waals surface area contributed by atoms with Crippen molar-refractivity contribution in [3.8, 4) is 30.0 Å². The number of aromatic amines is 1. The fourth-order valence-electron chi connectivity index (χ4n) is 2.67. The van der Waals surface area contributed by atoms with E-state index in [2.05, 4.69) is 22.2 Å². The van der Waals surface area contributed by atoms with E-state index in [9.17, 15) is 5.26 Å². The van der Waals surface area contributed by atoms with Crippen molar-refractivity contribution < 1.29 is 9.47 Å². The minimum absolute atomic E-state index is 0.0327. The predicted octanol–water partition coefficient (Wildman–Crippen LogP) is 2.60. The number of nitrogens with two attached hydrogens (primary N) is 1. The van der Waals surface area contributed by atoms with Crippen molar-refractivity contribution in [2.75, 3.05) is 6.61 Å². The molecule has 0 saturated heterocycles. The van der Waals surface area contributed by atoms with Gasteiger partial charge in [0.2, 0.25) is 11.8 Å². The molecule has 0 amide bonds. The first-order valence-corrected chi connectivity index (χ1v) is 7.42. The van der Waals surface area contributed by atoms with Gasteiger partial charge in [-0.2, -0.15) is 5.26 Å². The van der Waals surface area contributed by atoms with Crippen LogP contribution in [0.1, 0.15) is 22.7 Å². The van der Waals surface area contributed by atoms with Gasteiger partial charge in [0.15, 0.2) is 0 Å². The van der Waals surface area contributed by atoms with Crippen molar-refractivity contribution >= 4 is 11.6 Å². The quantitative estimate of drug-likeness (QED) is 0.837. The van der Waals surface area contributed by atoms with E-state index in [0.29, 0.717) is 22.2 Å². The topological polar surface area (TPSA) is 96.9 Å². The van der Waals surface area contributed by atoms with Gasteiger partial charge in [0.25, 0.3) is 0 Å². The Bertz CT molecular complexity index is 918. The summed E-state index contributed by atoms with van der Waals surface area (Å²) >= 11 is 6.27. The van der Waals surface area contributed by atoms with Gasteiger partial charge in [-0.3, -0.25) is 5.10 Å². The third-order valence-electron chi connectivity index (χ3n) is 3.73. The molecule has 0 fully saturated rings. The molecule has 1 aliphatic rings. The Morgan fingerprint density at radius 1 is 1.54 bits per heavy atom. The zero-order valence-electron chi connectivity index (χ0n) is 12.8. The third-order valence-corrected chi connectivity index (χ3v) is 4.03. The highest BCUT2D eigenvalue weighted by Gasteiger charge is 2.34. The molecule has 0 radical (unpaired) electrons. The first-order chi connectivity index (χ1) is 11.6. The van der Waals surface area contributed by atoms with Crippen LogP contribution in [-0.4, -0.2) is 16.8 Å². The number of nitrogens with one attached hydrogen (secondary N) is 1. The summed E-state index contributed by atoms with van der Waals surface area (Å²) in [4.78, 5) is 0. The van der Waals surface area contributed by atoms with Gasteiger partial charge in [0.1, 0.15) is 24.0 Å². The average Bonchev–Trinajstić information content (AvgIpc) is 2.93. The first kappa shape index (κ1) is 15.8. The predicted molar refractivity (Wildman–Crippen MR) is 88.4 cm³/mol. The van der Waals surface area contributed by atoms with Crippen LogP contribution >= 0.6 is 11.6 Å². The number of H-pyrrole nitrogens is 1. The summed E-state index contributed by atoms with van der Waals surface area (Å²) in [5.41, 5.74) is 8.51. The van der Waals surface area contributed by atoms with E-state index in [1.165, 1.54) is 0 Å². The van der Waals surface area contributed by atoms with Gasteiger partial charge < -0.3 is 15.2 Å². The molecule has 7 heteroatoms. The van der Waals surface area contributed by atoms with Gasteiger partial charge in [-0.1, -0.05) is 23.6 Å². The molecule has 6 nitrogen and oxygen atoms in total. The van der Waals surface area contributed by atoms with Crippen LogP contribution in [0.2, 0.25) is 5.02 Å². The van der Waals surface area contributed by atoms with Gasteiger partial charge in [0, 0.05) is 11.3 Å². The molecule has 0 aliphatic carbocycles. The molecular weight excluding hydrogens is 328 g/mol. The number of benzene rings is 1. The van der Waals surface area contributed by atoms with Crippen LogP contribution in [0.5, 0.6) is 11.6 Å². The number of aryl methyl sites for hydroxylation is 1. The number of ether oxygens (including phenoxy) is 2. The van der Waals surface area contributed by atoms with E-state index in [0.717, 1.165) is 16.8 Å². The first-order valence-electron chi connectivity index (χ1n) is 7.05. The standard InChI is InChI=1S/C17H13ClN4O2/c1-3-6-23-13-5-4-10(7-12(13)18)15-11(8-19)16(20)24-17-14(15)9(2)21-22-17/h1,4-5,7,15H,6,20H2,2H3,(H,21,22). The number of hydrogen-bond acceptors (Lipinski definition) is 5. The van der Waals surface area contributed by atoms with Gasteiger partial charge in [0.05, 0.1) is 10.9 Å². The Balaban J connectivity index is 2.10. The normalized spacial score (nSPS) is 15.9. The SMILES string of the molecule is C#CCOc1ccc(C2C(C#N)=C(N)Oc3n[nH]c(C)c32)cc1Cl. The number of aromatic nitrogens is 2. The minimum Gasteiger partial charge on any atom is -0.479 e. The highest BCUT2D eigenvalue weighted by atomic mass is 35.5. The van der Waals surface area contributed by atoms with E-state index in [1.807, 2.05) is 13.0 Å². The Kier molecular flexibility index (Phi) is 4.07. The lowest BCUT2D eigenvalue weighted by molar-refractivity contribution is 0.370. The van der Waals surface area contributed by atoms with Gasteiger partial charge in [-0.15, -0.1) is 11.5 Å². The molecule has 2 aromatic rings.